The second kappa shape index (κ2) is 23.2. The summed E-state index contributed by atoms with van der Waals surface area (Å²) in [4.78, 5) is 0. The van der Waals surface area contributed by atoms with Gasteiger partial charge in [-0.1, -0.05) is 154 Å². The van der Waals surface area contributed by atoms with E-state index in [1.54, 1.807) is 308 Å². The molecule has 17 aliphatic carbocycles. The van der Waals surface area contributed by atoms with Crippen LogP contribution in [-0.4, -0.2) is 0 Å². The molecule has 32 atom stereocenters. The minimum Gasteiger partial charge on any atom is -0.0530 e. The van der Waals surface area contributed by atoms with Gasteiger partial charge in [0.15, 0.2) is 0 Å². The van der Waals surface area contributed by atoms with Crippen molar-refractivity contribution in [1.29, 1.82) is 0 Å². The maximum absolute atomic E-state index is 1.76. The third-order valence-corrected chi connectivity index (χ3v) is 34.5. The number of hydrogen-bond donors (Lipinski definition) is 0. The molecule has 0 aromatic heterocycles. The standard InChI is InChI=1S/C80H128/c1-5-25-55-49(20-1)24-19-39-65(55)77-66-35-15-16-36-67(66)78(72-46-52-21-2-6-26-56(52)59-29-9-12-32-62(59)72)70-42-40-50(44-75(70)77)51-41-43-71-76(45-51)80(74-48-54-23-4-8-28-58(54)61-31-11-14-34-64(61)74)69-38-18-17-37-68(69)79(71)73-47-53-22-3-7-27-57(53)60-30-10-13-33-63(60)73/h49-80H,1-48H2. The van der Waals surface area contributed by atoms with Crippen LogP contribution in [0.2, 0.25) is 0 Å². The molecule has 80 heavy (non-hydrogen) atoms. The van der Waals surface area contributed by atoms with Crippen LogP contribution < -0.4 is 0 Å². The fraction of sp³-hybridized carbons (Fsp3) is 1.00. The van der Waals surface area contributed by atoms with Crippen LogP contribution in [0, 0.1) is 189 Å². The molecule has 0 amide bonds. The van der Waals surface area contributed by atoms with E-state index in [0.29, 0.717) is 0 Å². The van der Waals surface area contributed by atoms with Gasteiger partial charge in [-0.25, -0.2) is 0 Å². The molecule has 0 N–H and O–H groups in total. The van der Waals surface area contributed by atoms with E-state index in [1.807, 2.05) is 0 Å². The number of hydrogen-bond acceptors (Lipinski definition) is 0. The van der Waals surface area contributed by atoms with E-state index < -0.39 is 0 Å². The van der Waals surface area contributed by atoms with Gasteiger partial charge in [-0.05, 0) is 343 Å². The Labute approximate surface area is 494 Å². The van der Waals surface area contributed by atoms with Gasteiger partial charge >= 0.3 is 0 Å². The van der Waals surface area contributed by atoms with E-state index >= 15 is 0 Å². The van der Waals surface area contributed by atoms with E-state index in [2.05, 4.69) is 0 Å². The van der Waals surface area contributed by atoms with Crippen LogP contribution in [0.4, 0.5) is 0 Å². The van der Waals surface area contributed by atoms with Crippen molar-refractivity contribution in [2.24, 2.45) is 189 Å². The second-order valence-corrected chi connectivity index (χ2v) is 36.3. The molecule has 0 aliphatic heterocycles. The van der Waals surface area contributed by atoms with Crippen LogP contribution in [0.15, 0.2) is 0 Å². The summed E-state index contributed by atoms with van der Waals surface area (Å²) in [6.45, 7) is 0. The van der Waals surface area contributed by atoms with E-state index in [4.69, 9.17) is 0 Å². The Bertz CT molecular complexity index is 2060. The fourth-order valence-electron chi connectivity index (χ4n) is 32.7. The Hall–Kier alpha value is 0. The number of fused-ring (bicyclic) bond motifs is 14. The molecule has 0 spiro atoms. The van der Waals surface area contributed by atoms with Crippen molar-refractivity contribution in [3.63, 3.8) is 0 Å². The van der Waals surface area contributed by atoms with Crippen LogP contribution >= 0.6 is 0 Å². The minimum absolute atomic E-state index is 1.09. The van der Waals surface area contributed by atoms with E-state index in [0.717, 1.165) is 189 Å². The van der Waals surface area contributed by atoms with E-state index in [1.165, 1.54) is 0 Å². The monoisotopic (exact) mass is 1090 g/mol. The molecule has 17 aliphatic rings. The first-order chi connectivity index (χ1) is 39.7. The van der Waals surface area contributed by atoms with Crippen molar-refractivity contribution in [3.05, 3.63) is 0 Å². The molecular weight excluding hydrogens is 961 g/mol. The maximum Gasteiger partial charge on any atom is -0.0321 e. The van der Waals surface area contributed by atoms with Gasteiger partial charge in [0.25, 0.3) is 0 Å². The molecule has 17 fully saturated rings. The molecule has 0 heteroatoms. The van der Waals surface area contributed by atoms with Crippen molar-refractivity contribution in [1.82, 2.24) is 0 Å². The number of rotatable bonds is 5. The van der Waals surface area contributed by atoms with Crippen molar-refractivity contribution in [3.8, 4) is 0 Å². The Balaban J connectivity index is 0.734. The molecule has 0 saturated heterocycles. The second-order valence-electron chi connectivity index (χ2n) is 36.3. The quantitative estimate of drug-likeness (QED) is 0.257. The summed E-state index contributed by atoms with van der Waals surface area (Å²) in [6.07, 6.45) is 78.8. The Morgan fingerprint density at radius 1 is 0.100 bits per heavy atom. The summed E-state index contributed by atoms with van der Waals surface area (Å²) in [5.74, 6) is 35.9. The van der Waals surface area contributed by atoms with Gasteiger partial charge in [-0.15, -0.1) is 0 Å². The summed E-state index contributed by atoms with van der Waals surface area (Å²) in [7, 11) is 0. The summed E-state index contributed by atoms with van der Waals surface area (Å²) in [5.41, 5.74) is 0. The molecule has 17 saturated carbocycles. The van der Waals surface area contributed by atoms with E-state index in [-0.39, 0.29) is 0 Å². The van der Waals surface area contributed by atoms with Crippen LogP contribution in [0.1, 0.15) is 308 Å². The highest BCUT2D eigenvalue weighted by atomic mass is 14.7. The van der Waals surface area contributed by atoms with Gasteiger partial charge in [-0.2, -0.15) is 0 Å². The van der Waals surface area contributed by atoms with Crippen LogP contribution in [0.25, 0.3) is 0 Å². The SMILES string of the molecule is C1CCC2C(C1)CC(C1C3CCCCC3C(C3CCCC4CCCCC43)C3CC(C4CCC5C(C4)C(C4CC6CCCCC6C6CCCCC64)C4CCCCC4C5C4CC5CCCCC5C5CCCCC54)CCC31)C1CCCCC21. The lowest BCUT2D eigenvalue weighted by atomic mass is 9.39. The summed E-state index contributed by atoms with van der Waals surface area (Å²) in [6, 6.07) is 0. The first-order valence-corrected chi connectivity index (χ1v) is 39.7. The summed E-state index contributed by atoms with van der Waals surface area (Å²) >= 11 is 0. The predicted octanol–water partition coefficient (Wildman–Crippen LogP) is 22.7. The molecule has 0 aromatic carbocycles. The van der Waals surface area contributed by atoms with E-state index in [9.17, 15) is 0 Å². The predicted molar refractivity (Wildman–Crippen MR) is 333 cm³/mol. The maximum atomic E-state index is 1.76. The third-order valence-electron chi connectivity index (χ3n) is 34.5. The molecule has 17 rings (SSSR count). The Morgan fingerprint density at radius 3 is 0.637 bits per heavy atom. The lowest BCUT2D eigenvalue weighted by Crippen LogP contribution is -2.59. The summed E-state index contributed by atoms with van der Waals surface area (Å²) < 4.78 is 0. The van der Waals surface area contributed by atoms with Gasteiger partial charge in [-0.3, -0.25) is 0 Å². The lowest BCUT2D eigenvalue weighted by molar-refractivity contribution is -0.175. The molecule has 0 radical (unpaired) electrons. The van der Waals surface area contributed by atoms with Gasteiger partial charge in [0.05, 0.1) is 0 Å². The van der Waals surface area contributed by atoms with Gasteiger partial charge in [0.2, 0.25) is 0 Å². The van der Waals surface area contributed by atoms with Crippen molar-refractivity contribution in [2.75, 3.05) is 0 Å². The molecule has 0 aromatic rings. The smallest absolute Gasteiger partial charge is 0.0321 e. The molecule has 0 nitrogen and oxygen atoms in total. The lowest BCUT2D eigenvalue weighted by Gasteiger charge is -2.66. The third kappa shape index (κ3) is 9.30. The first-order valence-electron chi connectivity index (χ1n) is 39.7. The zero-order valence-electron chi connectivity index (χ0n) is 52.4. The highest BCUT2D eigenvalue weighted by molar-refractivity contribution is 5.13. The van der Waals surface area contributed by atoms with Crippen LogP contribution in [0.5, 0.6) is 0 Å². The van der Waals surface area contributed by atoms with Crippen molar-refractivity contribution >= 4 is 0 Å². The van der Waals surface area contributed by atoms with Crippen LogP contribution in [0.3, 0.4) is 0 Å². The average molecular weight is 1090 g/mol. The summed E-state index contributed by atoms with van der Waals surface area (Å²) in [5, 5.41) is 0. The highest BCUT2D eigenvalue weighted by Gasteiger charge is 2.64. The highest BCUT2D eigenvalue weighted by Crippen LogP contribution is 2.72. The molecule has 448 valence electrons. The van der Waals surface area contributed by atoms with Crippen molar-refractivity contribution in [2.45, 2.75) is 308 Å². The van der Waals surface area contributed by atoms with Gasteiger partial charge < -0.3 is 0 Å². The average Bonchev–Trinajstić information content (AvgIpc) is 3.63. The van der Waals surface area contributed by atoms with Gasteiger partial charge in [0, 0.05) is 0 Å². The zero-order chi connectivity index (χ0) is 52.4. The van der Waals surface area contributed by atoms with Crippen molar-refractivity contribution < 1.29 is 0 Å². The first kappa shape index (κ1) is 54.2. The minimum atomic E-state index is 1.09. The van der Waals surface area contributed by atoms with Crippen LogP contribution in [-0.2, 0) is 0 Å². The molecule has 32 unspecified atom stereocenters. The topological polar surface area (TPSA) is 0 Å². The molecule has 0 bridgehead atoms. The molecular formula is C80H128. The zero-order valence-corrected chi connectivity index (χ0v) is 52.4. The fourth-order valence-corrected chi connectivity index (χ4v) is 32.7. The van der Waals surface area contributed by atoms with Gasteiger partial charge in [0.1, 0.15) is 0 Å². The molecule has 0 heterocycles. The Kier molecular flexibility index (Phi) is 15.7. The Morgan fingerprint density at radius 2 is 0.287 bits per heavy atom. The largest absolute Gasteiger partial charge is 0.0530 e. The normalized spacial score (nSPS) is 57.6.